The minimum Gasteiger partial charge on any atom is -0.481 e. The lowest BCUT2D eigenvalue weighted by molar-refractivity contribution is -0.122. The highest BCUT2D eigenvalue weighted by Gasteiger charge is 2.20. The molecule has 2 aromatic rings. The van der Waals surface area contributed by atoms with E-state index < -0.39 is 6.10 Å². The molecule has 1 aliphatic rings. The van der Waals surface area contributed by atoms with E-state index in [2.05, 4.69) is 10.3 Å². The fourth-order valence-electron chi connectivity index (χ4n) is 2.84. The van der Waals surface area contributed by atoms with Gasteiger partial charge in [-0.2, -0.15) is 0 Å². The van der Waals surface area contributed by atoms with Crippen molar-refractivity contribution in [2.75, 3.05) is 5.32 Å². The van der Waals surface area contributed by atoms with Crippen LogP contribution >= 0.6 is 22.9 Å². The Morgan fingerprint density at radius 1 is 1.29 bits per heavy atom. The van der Waals surface area contributed by atoms with Gasteiger partial charge < -0.3 is 4.74 Å². The Morgan fingerprint density at radius 2 is 1.96 bits per heavy atom. The number of anilines is 1. The van der Waals surface area contributed by atoms with Gasteiger partial charge in [-0.3, -0.25) is 10.1 Å². The van der Waals surface area contributed by atoms with E-state index in [0.717, 1.165) is 34.7 Å². The lowest BCUT2D eigenvalue weighted by Crippen LogP contribution is -2.30. The van der Waals surface area contributed by atoms with Crippen molar-refractivity contribution in [1.29, 1.82) is 0 Å². The van der Waals surface area contributed by atoms with E-state index in [1.807, 2.05) is 26.0 Å². The zero-order chi connectivity index (χ0) is 17.3. The van der Waals surface area contributed by atoms with Crippen LogP contribution < -0.4 is 10.1 Å². The summed E-state index contributed by atoms with van der Waals surface area (Å²) in [5.41, 5.74) is 3.01. The third-order valence-corrected chi connectivity index (χ3v) is 5.84. The number of carbonyl (C=O) groups is 1. The second-order valence-corrected chi connectivity index (χ2v) is 7.68. The number of hydrogen-bond donors (Lipinski definition) is 1. The van der Waals surface area contributed by atoms with Crippen molar-refractivity contribution in [1.82, 2.24) is 4.98 Å². The Hall–Kier alpha value is -1.59. The number of fused-ring (bicyclic) bond motifs is 1. The molecule has 1 N–H and O–H groups in total. The van der Waals surface area contributed by atoms with Gasteiger partial charge in [0.2, 0.25) is 0 Å². The van der Waals surface area contributed by atoms with Gasteiger partial charge in [-0.15, -0.1) is 11.3 Å². The summed E-state index contributed by atoms with van der Waals surface area (Å²) >= 11 is 7.74. The molecule has 6 heteroatoms. The molecule has 1 unspecified atom stereocenters. The molecule has 0 saturated heterocycles. The largest absolute Gasteiger partial charge is 0.481 e. The minimum absolute atomic E-state index is 0.189. The van der Waals surface area contributed by atoms with Crippen molar-refractivity contribution in [2.24, 2.45) is 0 Å². The number of carbonyl (C=O) groups excluding carboxylic acids is 1. The summed E-state index contributed by atoms with van der Waals surface area (Å²) < 4.78 is 5.77. The Bertz CT molecular complexity index is 726. The summed E-state index contributed by atoms with van der Waals surface area (Å²) in [6.07, 6.45) is 3.86. The number of nitrogens with one attached hydrogen (secondary N) is 1. The van der Waals surface area contributed by atoms with Crippen molar-refractivity contribution >= 4 is 34.0 Å². The Kier molecular flexibility index (Phi) is 5.11. The monoisotopic (exact) mass is 364 g/mol. The van der Waals surface area contributed by atoms with E-state index in [-0.39, 0.29) is 5.91 Å². The van der Waals surface area contributed by atoms with Crippen LogP contribution in [0.1, 0.15) is 41.5 Å². The number of aromatic nitrogens is 1. The normalized spacial score (nSPS) is 14.8. The lowest BCUT2D eigenvalue weighted by atomic mass is 10.0. The third kappa shape index (κ3) is 3.73. The van der Waals surface area contributed by atoms with Crippen LogP contribution in [0, 0.1) is 13.8 Å². The highest BCUT2D eigenvalue weighted by atomic mass is 35.5. The molecule has 1 heterocycles. The van der Waals surface area contributed by atoms with Gasteiger partial charge in [0, 0.05) is 9.90 Å². The smallest absolute Gasteiger partial charge is 0.266 e. The number of thiazole rings is 1. The van der Waals surface area contributed by atoms with Gasteiger partial charge in [-0.1, -0.05) is 11.6 Å². The van der Waals surface area contributed by atoms with Gasteiger partial charge in [0.15, 0.2) is 11.2 Å². The molecule has 0 saturated carbocycles. The molecule has 1 aliphatic carbocycles. The first-order valence-electron chi connectivity index (χ1n) is 8.17. The van der Waals surface area contributed by atoms with Crippen molar-refractivity contribution in [2.45, 2.75) is 52.6 Å². The van der Waals surface area contributed by atoms with Crippen LogP contribution in [0.4, 0.5) is 5.13 Å². The standard InChI is InChI=1S/C18H21ClN2O2S/c1-10-8-13(9-11(2)16(10)19)23-12(3)17(22)21-18-20-14-6-4-5-7-15(14)24-18/h8-9,12H,4-7H2,1-3H3,(H,20,21,22). The molecular formula is C18H21ClN2O2S. The van der Waals surface area contributed by atoms with Crippen LogP contribution in [-0.4, -0.2) is 17.0 Å². The number of nitrogens with zero attached hydrogens (tertiary/aromatic N) is 1. The van der Waals surface area contributed by atoms with Gasteiger partial charge in [-0.05, 0) is 69.7 Å². The van der Waals surface area contributed by atoms with E-state index in [0.29, 0.717) is 10.9 Å². The van der Waals surface area contributed by atoms with E-state index in [1.165, 1.54) is 17.7 Å². The molecular weight excluding hydrogens is 344 g/mol. The molecule has 3 rings (SSSR count). The average molecular weight is 365 g/mol. The number of rotatable bonds is 4. The summed E-state index contributed by atoms with van der Waals surface area (Å²) in [6.45, 7) is 5.59. The maximum Gasteiger partial charge on any atom is 0.266 e. The molecule has 0 radical (unpaired) electrons. The van der Waals surface area contributed by atoms with Gasteiger partial charge in [-0.25, -0.2) is 4.98 Å². The summed E-state index contributed by atoms with van der Waals surface area (Å²) in [4.78, 5) is 18.2. The van der Waals surface area contributed by atoms with Crippen molar-refractivity contribution < 1.29 is 9.53 Å². The van der Waals surface area contributed by atoms with Crippen LogP contribution in [0.2, 0.25) is 5.02 Å². The first-order valence-corrected chi connectivity index (χ1v) is 9.36. The zero-order valence-corrected chi connectivity index (χ0v) is 15.7. The van der Waals surface area contributed by atoms with Gasteiger partial charge in [0.1, 0.15) is 5.75 Å². The van der Waals surface area contributed by atoms with E-state index >= 15 is 0 Å². The van der Waals surface area contributed by atoms with E-state index in [1.54, 1.807) is 18.3 Å². The lowest BCUT2D eigenvalue weighted by Gasteiger charge is -2.15. The first kappa shape index (κ1) is 17.2. The molecule has 0 fully saturated rings. The summed E-state index contributed by atoms with van der Waals surface area (Å²) in [6, 6.07) is 3.70. The predicted molar refractivity (Wildman–Crippen MR) is 98.4 cm³/mol. The Morgan fingerprint density at radius 3 is 2.62 bits per heavy atom. The number of halogens is 1. The number of aryl methyl sites for hydroxylation is 4. The van der Waals surface area contributed by atoms with Crippen molar-refractivity contribution in [3.05, 3.63) is 38.9 Å². The van der Waals surface area contributed by atoms with Crippen molar-refractivity contribution in [3.63, 3.8) is 0 Å². The molecule has 4 nitrogen and oxygen atoms in total. The summed E-state index contributed by atoms with van der Waals surface area (Å²) in [7, 11) is 0. The van der Waals surface area contributed by atoms with E-state index in [4.69, 9.17) is 16.3 Å². The molecule has 1 atom stereocenters. The highest BCUT2D eigenvalue weighted by Crippen LogP contribution is 2.30. The van der Waals surface area contributed by atoms with Gasteiger partial charge in [0.05, 0.1) is 5.69 Å². The van der Waals surface area contributed by atoms with Crippen LogP contribution in [0.5, 0.6) is 5.75 Å². The second-order valence-electron chi connectivity index (χ2n) is 6.22. The highest BCUT2D eigenvalue weighted by molar-refractivity contribution is 7.15. The number of hydrogen-bond acceptors (Lipinski definition) is 4. The zero-order valence-electron chi connectivity index (χ0n) is 14.1. The third-order valence-electron chi connectivity index (χ3n) is 4.17. The maximum absolute atomic E-state index is 12.4. The fourth-order valence-corrected chi connectivity index (χ4v) is 4.01. The summed E-state index contributed by atoms with van der Waals surface area (Å²) in [5.74, 6) is 0.460. The van der Waals surface area contributed by atoms with Gasteiger partial charge >= 0.3 is 0 Å². The maximum atomic E-state index is 12.4. The molecule has 0 bridgehead atoms. The van der Waals surface area contributed by atoms with Crippen LogP contribution in [0.25, 0.3) is 0 Å². The quantitative estimate of drug-likeness (QED) is 0.855. The SMILES string of the molecule is Cc1cc(OC(C)C(=O)Nc2nc3c(s2)CCCC3)cc(C)c1Cl. The van der Waals surface area contributed by atoms with Crippen LogP contribution in [0.15, 0.2) is 12.1 Å². The number of benzene rings is 1. The molecule has 1 amide bonds. The van der Waals surface area contributed by atoms with Gasteiger partial charge in [0.25, 0.3) is 5.91 Å². The first-order chi connectivity index (χ1) is 11.4. The molecule has 1 aromatic heterocycles. The minimum atomic E-state index is -0.606. The summed E-state index contributed by atoms with van der Waals surface area (Å²) in [5, 5.41) is 4.28. The predicted octanol–water partition coefficient (Wildman–Crippen LogP) is 4.70. The molecule has 128 valence electrons. The topological polar surface area (TPSA) is 51.2 Å². The molecule has 0 spiro atoms. The van der Waals surface area contributed by atoms with Crippen molar-refractivity contribution in [3.8, 4) is 5.75 Å². The fraction of sp³-hybridized carbons (Fsp3) is 0.444. The van der Waals surface area contributed by atoms with E-state index in [9.17, 15) is 4.79 Å². The second kappa shape index (κ2) is 7.11. The average Bonchev–Trinajstić information content (AvgIpc) is 2.94. The Labute approximate surface area is 151 Å². The molecule has 1 aromatic carbocycles. The molecule has 24 heavy (non-hydrogen) atoms. The van der Waals surface area contributed by atoms with Crippen LogP contribution in [0.3, 0.4) is 0 Å². The number of amides is 1. The molecule has 0 aliphatic heterocycles. The number of ether oxygens (including phenoxy) is 1. The van der Waals surface area contributed by atoms with Crippen LogP contribution in [-0.2, 0) is 17.6 Å². The Balaban J connectivity index is 1.65.